The van der Waals surface area contributed by atoms with Crippen LogP contribution in [0.5, 0.6) is 0 Å². The molecule has 0 N–H and O–H groups in total. The molecule has 0 radical (unpaired) electrons. The second kappa shape index (κ2) is 16.4. The summed E-state index contributed by atoms with van der Waals surface area (Å²) >= 11 is 7.51. The molecule has 360 valence electrons. The average molecular weight is 1060 g/mol. The van der Waals surface area contributed by atoms with E-state index >= 15 is 0 Å². The fourth-order valence-corrected chi connectivity index (χ4v) is 17.5. The van der Waals surface area contributed by atoms with E-state index in [9.17, 15) is 0 Å². The minimum absolute atomic E-state index is 1.22. The molecule has 78 heavy (non-hydrogen) atoms. The molecule has 4 heterocycles. The molecule has 18 rings (SSSR count). The standard InChI is InChI=1S/C74H40S4/c1-5-13-65-53(9-1)57-33-45(21-29-69(57)75-65)41-17-25-49-50-26-18-43(47-23-31-71-59(35-47)55-11-3-7-15-67(55)77-71)39-63(50)74-64-40-44(48-24-32-72-60(36-48)56-12-4-8-16-68(56)78-72)20-28-52(64)51-27-19-42(38-62(51)73(74)61(49)37-41)46-22-30-70-58(34-46)54-10-2-6-14-66(54)76-70/h1-40H. The van der Waals surface area contributed by atoms with Gasteiger partial charge in [-0.3, -0.25) is 0 Å². The molecule has 14 aromatic carbocycles. The molecule has 4 aromatic heterocycles. The molecule has 0 nitrogen and oxygen atoms in total. The van der Waals surface area contributed by atoms with Crippen molar-refractivity contribution in [1.29, 1.82) is 0 Å². The Balaban J connectivity index is 0.966. The number of fused-ring (bicyclic) bond motifs is 23. The predicted molar refractivity (Wildman–Crippen MR) is 347 cm³/mol. The third kappa shape index (κ3) is 6.37. The van der Waals surface area contributed by atoms with Crippen molar-refractivity contribution in [3.63, 3.8) is 0 Å². The minimum atomic E-state index is 1.22. The highest BCUT2D eigenvalue weighted by Crippen LogP contribution is 2.49. The van der Waals surface area contributed by atoms with Gasteiger partial charge in [0.15, 0.2) is 0 Å². The summed E-state index contributed by atoms with van der Waals surface area (Å²) in [5, 5.41) is 23.2. The van der Waals surface area contributed by atoms with Crippen molar-refractivity contribution in [2.24, 2.45) is 0 Å². The van der Waals surface area contributed by atoms with Gasteiger partial charge in [0.1, 0.15) is 0 Å². The van der Waals surface area contributed by atoms with Gasteiger partial charge in [0.05, 0.1) is 0 Å². The van der Waals surface area contributed by atoms with E-state index < -0.39 is 0 Å². The van der Waals surface area contributed by atoms with Crippen LogP contribution >= 0.6 is 45.3 Å². The third-order valence-corrected chi connectivity index (χ3v) is 21.4. The molecule has 0 aliphatic carbocycles. The lowest BCUT2D eigenvalue weighted by molar-refractivity contribution is 1.69. The van der Waals surface area contributed by atoms with Crippen LogP contribution in [0.25, 0.3) is 179 Å². The van der Waals surface area contributed by atoms with Crippen molar-refractivity contribution in [3.8, 4) is 44.5 Å². The largest absolute Gasteiger partial charge is 0.135 e. The third-order valence-electron chi connectivity index (χ3n) is 16.8. The summed E-state index contributed by atoms with van der Waals surface area (Å²) in [7, 11) is 0. The van der Waals surface area contributed by atoms with Crippen LogP contribution in [0, 0.1) is 0 Å². The van der Waals surface area contributed by atoms with Gasteiger partial charge in [-0.15, -0.1) is 45.3 Å². The molecule has 4 heteroatoms. The average Bonchev–Trinajstić information content (AvgIpc) is 4.18. The van der Waals surface area contributed by atoms with Gasteiger partial charge in [-0.05, 0) is 195 Å². The van der Waals surface area contributed by atoms with E-state index in [1.807, 2.05) is 45.3 Å². The van der Waals surface area contributed by atoms with Crippen LogP contribution in [-0.2, 0) is 0 Å². The van der Waals surface area contributed by atoms with Crippen molar-refractivity contribution < 1.29 is 0 Å². The first-order valence-corrected chi connectivity index (χ1v) is 29.9. The molecule has 0 amide bonds. The van der Waals surface area contributed by atoms with Crippen LogP contribution in [0.3, 0.4) is 0 Å². The Labute approximate surface area is 463 Å². The highest BCUT2D eigenvalue weighted by molar-refractivity contribution is 7.27. The molecule has 0 aliphatic heterocycles. The van der Waals surface area contributed by atoms with Crippen molar-refractivity contribution in [1.82, 2.24) is 0 Å². The van der Waals surface area contributed by atoms with Crippen LogP contribution in [0.4, 0.5) is 0 Å². The van der Waals surface area contributed by atoms with E-state index in [2.05, 4.69) is 243 Å². The lowest BCUT2D eigenvalue weighted by Gasteiger charge is -2.19. The van der Waals surface area contributed by atoms with E-state index in [1.54, 1.807) is 0 Å². The molecule has 18 aromatic rings. The number of hydrogen-bond donors (Lipinski definition) is 0. The summed E-state index contributed by atoms with van der Waals surface area (Å²) < 4.78 is 10.6. The van der Waals surface area contributed by atoms with E-state index in [1.165, 1.54) is 179 Å². The molecular formula is C74H40S4. The Hall–Kier alpha value is -8.74. The first-order chi connectivity index (χ1) is 38.6. The van der Waals surface area contributed by atoms with E-state index in [0.29, 0.717) is 0 Å². The normalized spacial score (nSPS) is 12.4. The highest BCUT2D eigenvalue weighted by Gasteiger charge is 2.21. The van der Waals surface area contributed by atoms with E-state index in [4.69, 9.17) is 0 Å². The highest BCUT2D eigenvalue weighted by atomic mass is 32.1. The van der Waals surface area contributed by atoms with Gasteiger partial charge in [-0.1, -0.05) is 146 Å². The lowest BCUT2D eigenvalue weighted by Crippen LogP contribution is -1.91. The number of hydrogen-bond acceptors (Lipinski definition) is 4. The molecular weight excluding hydrogens is 1020 g/mol. The van der Waals surface area contributed by atoms with E-state index in [0.717, 1.165) is 0 Å². The Bertz CT molecular complexity index is 4950. The zero-order chi connectivity index (χ0) is 50.7. The zero-order valence-corrected chi connectivity index (χ0v) is 45.0. The van der Waals surface area contributed by atoms with Gasteiger partial charge in [-0.25, -0.2) is 0 Å². The summed E-state index contributed by atoms with van der Waals surface area (Å²) in [5.41, 5.74) is 9.80. The maximum absolute atomic E-state index is 2.51. The molecule has 0 unspecified atom stereocenters. The molecule has 0 aliphatic rings. The Morgan fingerprint density at radius 3 is 0.577 bits per heavy atom. The van der Waals surface area contributed by atoms with Crippen LogP contribution in [0.2, 0.25) is 0 Å². The molecule has 0 saturated carbocycles. The molecule has 0 fully saturated rings. The number of benzene rings is 14. The fourth-order valence-electron chi connectivity index (χ4n) is 13.1. The summed E-state index contributed by atoms with van der Waals surface area (Å²) in [5.74, 6) is 0. The van der Waals surface area contributed by atoms with Gasteiger partial charge >= 0.3 is 0 Å². The summed E-state index contributed by atoms with van der Waals surface area (Å²) in [6.45, 7) is 0. The van der Waals surface area contributed by atoms with Gasteiger partial charge in [0.25, 0.3) is 0 Å². The Kier molecular flexibility index (Phi) is 9.11. The van der Waals surface area contributed by atoms with Crippen LogP contribution in [0.1, 0.15) is 0 Å². The molecule has 0 saturated heterocycles. The zero-order valence-electron chi connectivity index (χ0n) is 41.7. The van der Waals surface area contributed by atoms with Crippen LogP contribution in [-0.4, -0.2) is 0 Å². The first-order valence-electron chi connectivity index (χ1n) is 26.6. The van der Waals surface area contributed by atoms with Gasteiger partial charge < -0.3 is 0 Å². The van der Waals surface area contributed by atoms with Gasteiger partial charge in [0.2, 0.25) is 0 Å². The predicted octanol–water partition coefficient (Wildman–Crippen LogP) is 23.6. The Morgan fingerprint density at radius 2 is 0.333 bits per heavy atom. The van der Waals surface area contributed by atoms with Crippen molar-refractivity contribution in [3.05, 3.63) is 243 Å². The smallest absolute Gasteiger partial charge is 0.0355 e. The summed E-state index contributed by atoms with van der Waals surface area (Å²) in [4.78, 5) is 0. The SMILES string of the molecule is c1ccc2c(c1)sc1ccc(-c3ccc4c5ccc(-c6ccc7sc8ccccc8c7c6)cc5c5c6cc(-c7ccc8sc9ccccc9c8c7)ccc6c6ccc(-c7ccc8sc9ccccc9c8c7)cc6c5c4c3)cc12. The van der Waals surface area contributed by atoms with Crippen LogP contribution < -0.4 is 0 Å². The molecule has 0 atom stereocenters. The first kappa shape index (κ1) is 43.4. The maximum Gasteiger partial charge on any atom is 0.0355 e. The van der Waals surface area contributed by atoms with Crippen LogP contribution in [0.15, 0.2) is 243 Å². The number of rotatable bonds is 4. The van der Waals surface area contributed by atoms with Gasteiger partial charge in [0, 0.05) is 80.7 Å². The number of thiophene rings is 4. The minimum Gasteiger partial charge on any atom is -0.135 e. The maximum atomic E-state index is 2.51. The molecule has 0 bridgehead atoms. The molecule has 0 spiro atoms. The van der Waals surface area contributed by atoms with Gasteiger partial charge in [-0.2, -0.15) is 0 Å². The monoisotopic (exact) mass is 1060 g/mol. The lowest BCUT2D eigenvalue weighted by atomic mass is 9.84. The van der Waals surface area contributed by atoms with E-state index in [-0.39, 0.29) is 0 Å². The quantitative estimate of drug-likeness (QED) is 0.154. The van der Waals surface area contributed by atoms with Crippen molar-refractivity contribution in [2.45, 2.75) is 0 Å². The summed E-state index contributed by atoms with van der Waals surface area (Å²) in [6, 6.07) is 92.9. The second-order valence-electron chi connectivity index (χ2n) is 21.0. The Morgan fingerprint density at radius 1 is 0.141 bits per heavy atom. The van der Waals surface area contributed by atoms with Crippen molar-refractivity contribution in [2.75, 3.05) is 0 Å². The van der Waals surface area contributed by atoms with Crippen molar-refractivity contribution >= 4 is 180 Å². The fraction of sp³-hybridized carbons (Fsp3) is 0. The summed E-state index contributed by atoms with van der Waals surface area (Å²) in [6.07, 6.45) is 0. The topological polar surface area (TPSA) is 0 Å². The second-order valence-corrected chi connectivity index (χ2v) is 25.4.